The molecule has 106 valence electrons. The van der Waals surface area contributed by atoms with Crippen LogP contribution in [0.25, 0.3) is 0 Å². The maximum atomic E-state index is 6.14. The van der Waals surface area contributed by atoms with Crippen molar-refractivity contribution in [3.8, 4) is 0 Å². The zero-order chi connectivity index (χ0) is 14.5. The Kier molecular flexibility index (Phi) is 5.23. The molecule has 0 aliphatic carbocycles. The van der Waals surface area contributed by atoms with Crippen LogP contribution >= 0.6 is 35.4 Å². The van der Waals surface area contributed by atoms with Gasteiger partial charge in [-0.05, 0) is 31.3 Å². The summed E-state index contributed by atoms with van der Waals surface area (Å²) >= 11 is 17.4. The van der Waals surface area contributed by atoms with Crippen LogP contribution in [0.15, 0.2) is 30.5 Å². The van der Waals surface area contributed by atoms with Crippen molar-refractivity contribution >= 4 is 46.4 Å². The lowest BCUT2D eigenvalue weighted by molar-refractivity contribution is 0.690. The Bertz CT molecular complexity index is 592. The van der Waals surface area contributed by atoms with E-state index in [4.69, 9.17) is 35.4 Å². The number of aromatic nitrogens is 2. The van der Waals surface area contributed by atoms with Gasteiger partial charge in [0.25, 0.3) is 0 Å². The summed E-state index contributed by atoms with van der Waals surface area (Å²) in [6, 6.07) is 7.28. The van der Waals surface area contributed by atoms with E-state index in [1.54, 1.807) is 4.68 Å². The van der Waals surface area contributed by atoms with Crippen LogP contribution in [-0.2, 0) is 6.54 Å². The quantitative estimate of drug-likeness (QED) is 0.842. The van der Waals surface area contributed by atoms with E-state index in [0.29, 0.717) is 27.5 Å². The van der Waals surface area contributed by atoms with E-state index in [-0.39, 0.29) is 0 Å². The van der Waals surface area contributed by atoms with Crippen molar-refractivity contribution in [2.75, 3.05) is 11.9 Å². The van der Waals surface area contributed by atoms with Gasteiger partial charge in [-0.2, -0.15) is 5.10 Å². The molecule has 7 heteroatoms. The Hall–Kier alpha value is -1.30. The molecule has 0 atom stereocenters. The summed E-state index contributed by atoms with van der Waals surface area (Å²) < 4.78 is 1.75. The highest BCUT2D eigenvalue weighted by molar-refractivity contribution is 7.80. The largest absolute Gasteiger partial charge is 0.363 e. The second kappa shape index (κ2) is 6.92. The fourth-order valence-electron chi connectivity index (χ4n) is 1.68. The summed E-state index contributed by atoms with van der Waals surface area (Å²) in [5.41, 5.74) is 0.847. The van der Waals surface area contributed by atoms with Crippen LogP contribution in [0.3, 0.4) is 0 Å². The number of benzene rings is 1. The summed E-state index contributed by atoms with van der Waals surface area (Å²) in [6.45, 7) is 3.25. The minimum atomic E-state index is 0.508. The standard InChI is InChI=1S/C13H14Cl2N4S/c1-2-16-13(20)17-12-6-7-19(18-12)8-9-10(14)4-3-5-11(9)15/h3-7H,2,8H2,1H3,(H2,16,17,18,20). The molecular weight excluding hydrogens is 315 g/mol. The number of halogens is 2. The number of hydrogen-bond acceptors (Lipinski definition) is 2. The van der Waals surface area contributed by atoms with Crippen molar-refractivity contribution in [1.29, 1.82) is 0 Å². The Labute approximate surface area is 133 Å². The van der Waals surface area contributed by atoms with Gasteiger partial charge >= 0.3 is 0 Å². The van der Waals surface area contributed by atoms with Crippen molar-refractivity contribution < 1.29 is 0 Å². The van der Waals surface area contributed by atoms with Gasteiger partial charge in [-0.3, -0.25) is 4.68 Å². The van der Waals surface area contributed by atoms with E-state index < -0.39 is 0 Å². The van der Waals surface area contributed by atoms with Crippen molar-refractivity contribution in [1.82, 2.24) is 15.1 Å². The summed E-state index contributed by atoms with van der Waals surface area (Å²) in [7, 11) is 0. The lowest BCUT2D eigenvalue weighted by atomic mass is 10.2. The van der Waals surface area contributed by atoms with Crippen LogP contribution in [0.4, 0.5) is 5.82 Å². The predicted molar refractivity (Wildman–Crippen MR) is 87.7 cm³/mol. The third-order valence-corrected chi connectivity index (χ3v) is 3.56. The van der Waals surface area contributed by atoms with E-state index in [2.05, 4.69) is 15.7 Å². The number of nitrogens with zero attached hydrogens (tertiary/aromatic N) is 2. The fourth-order valence-corrected chi connectivity index (χ4v) is 2.45. The van der Waals surface area contributed by atoms with Gasteiger partial charge in [0.1, 0.15) is 0 Å². The summed E-state index contributed by atoms with van der Waals surface area (Å²) in [5, 5.41) is 12.2. The zero-order valence-electron chi connectivity index (χ0n) is 10.9. The molecule has 4 nitrogen and oxygen atoms in total. The van der Waals surface area contributed by atoms with Gasteiger partial charge in [0.05, 0.1) is 6.54 Å². The first-order chi connectivity index (χ1) is 9.60. The van der Waals surface area contributed by atoms with E-state index in [1.165, 1.54) is 0 Å². The summed E-state index contributed by atoms with van der Waals surface area (Å²) in [4.78, 5) is 0. The number of hydrogen-bond donors (Lipinski definition) is 2. The van der Waals surface area contributed by atoms with Crippen LogP contribution < -0.4 is 10.6 Å². The molecule has 0 amide bonds. The molecule has 0 bridgehead atoms. The van der Waals surface area contributed by atoms with Crippen LogP contribution in [0, 0.1) is 0 Å². The fraction of sp³-hybridized carbons (Fsp3) is 0.231. The lowest BCUT2D eigenvalue weighted by Gasteiger charge is -2.07. The molecule has 0 aliphatic rings. The van der Waals surface area contributed by atoms with E-state index in [9.17, 15) is 0 Å². The Morgan fingerprint density at radius 3 is 2.65 bits per heavy atom. The van der Waals surface area contributed by atoms with Gasteiger partial charge in [0.2, 0.25) is 0 Å². The highest BCUT2D eigenvalue weighted by Gasteiger charge is 2.07. The van der Waals surface area contributed by atoms with Gasteiger partial charge in [-0.15, -0.1) is 0 Å². The molecular formula is C13H14Cl2N4S. The zero-order valence-corrected chi connectivity index (χ0v) is 13.2. The average molecular weight is 329 g/mol. The van der Waals surface area contributed by atoms with Gasteiger partial charge < -0.3 is 10.6 Å². The number of nitrogens with one attached hydrogen (secondary N) is 2. The van der Waals surface area contributed by atoms with Gasteiger partial charge in [0.15, 0.2) is 10.9 Å². The topological polar surface area (TPSA) is 41.9 Å². The molecule has 0 fully saturated rings. The molecule has 1 aromatic heterocycles. The molecule has 0 aliphatic heterocycles. The summed E-state index contributed by atoms with van der Waals surface area (Å²) in [6.07, 6.45) is 1.84. The molecule has 0 unspecified atom stereocenters. The Balaban J connectivity index is 2.08. The Morgan fingerprint density at radius 2 is 2.00 bits per heavy atom. The van der Waals surface area contributed by atoms with Crippen molar-refractivity contribution in [3.05, 3.63) is 46.1 Å². The van der Waals surface area contributed by atoms with Crippen LogP contribution in [0.5, 0.6) is 0 Å². The molecule has 0 radical (unpaired) electrons. The maximum Gasteiger partial charge on any atom is 0.171 e. The number of rotatable bonds is 4. The van der Waals surface area contributed by atoms with Crippen LogP contribution in [0.2, 0.25) is 10.0 Å². The van der Waals surface area contributed by atoms with Crippen molar-refractivity contribution in [2.45, 2.75) is 13.5 Å². The molecule has 0 saturated carbocycles. The van der Waals surface area contributed by atoms with E-state index in [1.807, 2.05) is 37.4 Å². The molecule has 0 saturated heterocycles. The smallest absolute Gasteiger partial charge is 0.171 e. The number of thiocarbonyl (C=S) groups is 1. The summed E-state index contributed by atoms with van der Waals surface area (Å²) in [5.74, 6) is 0.680. The monoisotopic (exact) mass is 328 g/mol. The number of anilines is 1. The van der Waals surface area contributed by atoms with Crippen LogP contribution in [-0.4, -0.2) is 21.4 Å². The molecule has 1 aromatic carbocycles. The highest BCUT2D eigenvalue weighted by atomic mass is 35.5. The first-order valence-corrected chi connectivity index (χ1v) is 7.27. The highest BCUT2D eigenvalue weighted by Crippen LogP contribution is 2.25. The first kappa shape index (κ1) is 15.1. The first-order valence-electron chi connectivity index (χ1n) is 6.11. The maximum absolute atomic E-state index is 6.14. The van der Waals surface area contributed by atoms with Crippen molar-refractivity contribution in [2.24, 2.45) is 0 Å². The van der Waals surface area contributed by atoms with Gasteiger partial charge in [-0.1, -0.05) is 29.3 Å². The Morgan fingerprint density at radius 1 is 1.30 bits per heavy atom. The lowest BCUT2D eigenvalue weighted by Crippen LogP contribution is -2.28. The molecule has 2 rings (SSSR count). The minimum Gasteiger partial charge on any atom is -0.363 e. The normalized spacial score (nSPS) is 10.3. The van der Waals surface area contributed by atoms with Gasteiger partial charge in [-0.25, -0.2) is 0 Å². The van der Waals surface area contributed by atoms with Crippen LogP contribution in [0.1, 0.15) is 12.5 Å². The molecule has 2 aromatic rings. The van der Waals surface area contributed by atoms with E-state index in [0.717, 1.165) is 12.1 Å². The average Bonchev–Trinajstić information content (AvgIpc) is 2.82. The third kappa shape index (κ3) is 3.85. The minimum absolute atomic E-state index is 0.508. The third-order valence-electron chi connectivity index (χ3n) is 2.60. The van der Waals surface area contributed by atoms with Crippen molar-refractivity contribution in [3.63, 3.8) is 0 Å². The van der Waals surface area contributed by atoms with Gasteiger partial charge in [0, 0.05) is 34.4 Å². The second-order valence-corrected chi connectivity index (χ2v) is 5.31. The SMILES string of the molecule is CCNC(=S)Nc1ccn(Cc2c(Cl)cccc2Cl)n1. The van der Waals surface area contributed by atoms with E-state index >= 15 is 0 Å². The predicted octanol–water partition coefficient (Wildman–Crippen LogP) is 3.54. The molecule has 2 N–H and O–H groups in total. The molecule has 1 heterocycles. The molecule has 0 spiro atoms. The second-order valence-electron chi connectivity index (χ2n) is 4.08. The molecule has 20 heavy (non-hydrogen) atoms.